The van der Waals surface area contributed by atoms with Crippen LogP contribution in [0.25, 0.3) is 33.4 Å². The quantitative estimate of drug-likeness (QED) is 0.116. The van der Waals surface area contributed by atoms with Gasteiger partial charge in [0.15, 0.2) is 0 Å². The molecule has 0 saturated carbocycles. The zero-order valence-electron chi connectivity index (χ0n) is 27.5. The Balaban J connectivity index is 0.00000552. The van der Waals surface area contributed by atoms with Crippen molar-refractivity contribution in [3.05, 3.63) is 71.6 Å². The van der Waals surface area contributed by atoms with E-state index in [1.54, 1.807) is 6.07 Å². The Morgan fingerprint density at radius 2 is 1.62 bits per heavy atom. The zero-order chi connectivity index (χ0) is 31.9. The van der Waals surface area contributed by atoms with Gasteiger partial charge in [-0.05, 0) is 84.7 Å². The van der Waals surface area contributed by atoms with Crippen LogP contribution < -0.4 is 32.6 Å². The molecule has 2 aliphatic rings. The number of benzene rings is 3. The van der Waals surface area contributed by atoms with Gasteiger partial charge >= 0.3 is 12.1 Å². The van der Waals surface area contributed by atoms with E-state index in [2.05, 4.69) is 78.9 Å². The second kappa shape index (κ2) is 15.8. The van der Waals surface area contributed by atoms with Crippen LogP contribution in [0.4, 0.5) is 10.5 Å². The Hall–Kier alpha value is -4.04. The molecule has 242 valence electrons. The van der Waals surface area contributed by atoms with E-state index in [4.69, 9.17) is 13.9 Å². The molecule has 8 nitrogen and oxygen atoms in total. The zero-order valence-corrected chi connectivity index (χ0v) is 28.3. The van der Waals surface area contributed by atoms with Crippen molar-refractivity contribution in [1.29, 1.82) is 0 Å². The molecule has 0 fully saturated rings. The highest BCUT2D eigenvalue weighted by molar-refractivity contribution is 6.08. The van der Waals surface area contributed by atoms with Crippen molar-refractivity contribution in [1.82, 2.24) is 9.89 Å². The third-order valence-corrected chi connectivity index (χ3v) is 7.58. The summed E-state index contributed by atoms with van der Waals surface area (Å²) in [4.78, 5) is 27.7. The number of esters is 1. The van der Waals surface area contributed by atoms with Crippen LogP contribution in [0.5, 0.6) is 0 Å². The number of halogens is 1. The molecule has 1 aliphatic carbocycles. The maximum absolute atomic E-state index is 13.5. The van der Waals surface area contributed by atoms with Gasteiger partial charge in [-0.2, -0.15) is 0 Å². The molecule has 1 heterocycles. The van der Waals surface area contributed by atoms with E-state index in [0.29, 0.717) is 18.5 Å². The molecular formula is C36H46ClN3O5. The third-order valence-electron chi connectivity index (χ3n) is 7.58. The molecular weight excluding hydrogens is 590 g/mol. The second-order valence-electron chi connectivity index (χ2n) is 11.6. The van der Waals surface area contributed by atoms with E-state index in [0.717, 1.165) is 70.6 Å². The van der Waals surface area contributed by atoms with Crippen LogP contribution in [0, 0.1) is 0 Å². The lowest BCUT2D eigenvalue weighted by molar-refractivity contribution is -0.0000517. The highest BCUT2D eigenvalue weighted by Gasteiger charge is 2.23. The number of fused-ring (bicyclic) bond motifs is 2. The summed E-state index contributed by atoms with van der Waals surface area (Å²) in [6.45, 7) is 18.0. The fourth-order valence-electron chi connectivity index (χ4n) is 5.43. The van der Waals surface area contributed by atoms with Crippen LogP contribution in [0.15, 0.2) is 65.1 Å². The molecule has 0 saturated heterocycles. The molecule has 1 aliphatic heterocycles. The predicted molar refractivity (Wildman–Crippen MR) is 177 cm³/mol. The molecule has 0 unspecified atom stereocenters. The molecule has 2 aromatic rings. The number of hydrogen-bond acceptors (Lipinski definition) is 6. The lowest BCUT2D eigenvalue weighted by Gasteiger charge is -2.22. The monoisotopic (exact) mass is 635 g/mol. The second-order valence-corrected chi connectivity index (χ2v) is 11.6. The summed E-state index contributed by atoms with van der Waals surface area (Å²) in [5, 5.41) is 4.71. The molecule has 45 heavy (non-hydrogen) atoms. The minimum absolute atomic E-state index is 0. The maximum atomic E-state index is 13.5. The number of carbonyl (C=O) groups excluding carboxylic acids is 2. The standard InChI is InChI=1S/C36H45N3O5.ClH/c1-8-38(9-2)25-17-19-29-31(23-25)43-32-24-26(39(10-3)11-4)18-20-30(32)33(29)27-15-12-13-16-28(27)34(40)42-22-14-21-37-35(41)44-36(5,6)7;/h12-13,15-20,23-24H,8-11,14,21-22H2,1-7H3;1H. The highest BCUT2D eigenvalue weighted by atomic mass is 35.5. The lowest BCUT2D eigenvalue weighted by atomic mass is 9.90. The summed E-state index contributed by atoms with van der Waals surface area (Å²) in [6, 6.07) is 20.1. The summed E-state index contributed by atoms with van der Waals surface area (Å²) < 4.78 is 19.8. The van der Waals surface area contributed by atoms with Gasteiger partial charge in [0, 0.05) is 54.0 Å². The largest absolute Gasteiger partial charge is 1.00 e. The van der Waals surface area contributed by atoms with Crippen molar-refractivity contribution in [3.8, 4) is 22.5 Å². The molecule has 4 rings (SSSR count). The van der Waals surface area contributed by atoms with Crippen LogP contribution in [0.1, 0.15) is 65.2 Å². The average Bonchev–Trinajstić information content (AvgIpc) is 3.00. The van der Waals surface area contributed by atoms with E-state index in [9.17, 15) is 9.59 Å². The number of rotatable bonds is 11. The van der Waals surface area contributed by atoms with Crippen molar-refractivity contribution in [2.45, 2.75) is 60.5 Å². The Kier molecular flexibility index (Phi) is 12.4. The Bertz CT molecular complexity index is 1650. The maximum Gasteiger partial charge on any atom is 0.407 e. The van der Waals surface area contributed by atoms with Crippen molar-refractivity contribution < 1.29 is 35.9 Å². The highest BCUT2D eigenvalue weighted by Crippen LogP contribution is 2.42. The molecule has 0 atom stereocenters. The van der Waals surface area contributed by atoms with Gasteiger partial charge in [0.1, 0.15) is 30.0 Å². The fraction of sp³-hybridized carbons (Fsp3) is 0.417. The molecule has 0 aromatic heterocycles. The van der Waals surface area contributed by atoms with Gasteiger partial charge in [-0.1, -0.05) is 18.2 Å². The fourth-order valence-corrected chi connectivity index (χ4v) is 5.43. The molecule has 1 amide bonds. The van der Waals surface area contributed by atoms with E-state index >= 15 is 0 Å². The van der Waals surface area contributed by atoms with E-state index in [-0.39, 0.29) is 19.0 Å². The van der Waals surface area contributed by atoms with Crippen LogP contribution in [0.3, 0.4) is 0 Å². The van der Waals surface area contributed by atoms with Crippen molar-refractivity contribution in [2.75, 3.05) is 44.2 Å². The first kappa shape index (κ1) is 35.4. The number of nitrogens with zero attached hydrogens (tertiary/aromatic N) is 2. The summed E-state index contributed by atoms with van der Waals surface area (Å²) in [7, 11) is 0. The van der Waals surface area contributed by atoms with E-state index in [1.807, 2.05) is 39.0 Å². The molecule has 0 bridgehead atoms. The first-order chi connectivity index (χ1) is 21.1. The van der Waals surface area contributed by atoms with Crippen molar-refractivity contribution in [2.24, 2.45) is 0 Å². The average molecular weight is 636 g/mol. The summed E-state index contributed by atoms with van der Waals surface area (Å²) >= 11 is 0. The summed E-state index contributed by atoms with van der Waals surface area (Å²) in [5.74, 6) is 0.337. The van der Waals surface area contributed by atoms with Gasteiger partial charge in [0.25, 0.3) is 0 Å². The minimum Gasteiger partial charge on any atom is -1.00 e. The first-order valence-corrected chi connectivity index (χ1v) is 15.7. The number of alkyl carbamates (subject to hydrolysis) is 1. The van der Waals surface area contributed by atoms with Gasteiger partial charge in [0.2, 0.25) is 5.36 Å². The Labute approximate surface area is 272 Å². The number of hydrogen-bond donors (Lipinski definition) is 1. The van der Waals surface area contributed by atoms with Gasteiger partial charge in [-0.3, -0.25) is 0 Å². The first-order valence-electron chi connectivity index (χ1n) is 15.7. The van der Waals surface area contributed by atoms with Gasteiger partial charge < -0.3 is 36.5 Å². The SMILES string of the molecule is CCN(CC)c1ccc2c(-c3ccccc3C(=O)OCCCNC(=O)OC(C)(C)C)c3ccc(=[N+](CC)CC)cc-3oc2c1.[Cl-]. The molecule has 0 spiro atoms. The summed E-state index contributed by atoms with van der Waals surface area (Å²) in [6.07, 6.45) is -0.0263. The number of amides is 1. The predicted octanol–water partition coefficient (Wildman–Crippen LogP) is 3.94. The van der Waals surface area contributed by atoms with Gasteiger partial charge in [-0.15, -0.1) is 0 Å². The van der Waals surface area contributed by atoms with Gasteiger partial charge in [0.05, 0.1) is 18.2 Å². The number of nitrogens with one attached hydrogen (secondary N) is 1. The molecule has 0 radical (unpaired) electrons. The summed E-state index contributed by atoms with van der Waals surface area (Å²) in [5.41, 5.74) is 4.38. The molecule has 9 heteroatoms. The van der Waals surface area contributed by atoms with Crippen LogP contribution in [-0.4, -0.2) is 57.0 Å². The number of carbonyl (C=O) groups is 2. The van der Waals surface area contributed by atoms with Crippen LogP contribution >= 0.6 is 0 Å². The van der Waals surface area contributed by atoms with E-state index in [1.165, 1.54) is 0 Å². The van der Waals surface area contributed by atoms with E-state index < -0.39 is 17.7 Å². The smallest absolute Gasteiger partial charge is 0.407 e. The van der Waals surface area contributed by atoms with Crippen LogP contribution in [0.2, 0.25) is 0 Å². The molecule has 1 N–H and O–H groups in total. The minimum atomic E-state index is -0.570. The third kappa shape index (κ3) is 8.57. The normalized spacial score (nSPS) is 11.2. The Morgan fingerprint density at radius 3 is 2.29 bits per heavy atom. The lowest BCUT2D eigenvalue weighted by Crippen LogP contribution is -3.00. The van der Waals surface area contributed by atoms with Crippen molar-refractivity contribution in [3.63, 3.8) is 0 Å². The van der Waals surface area contributed by atoms with Gasteiger partial charge in [-0.25, -0.2) is 14.2 Å². The Morgan fingerprint density at radius 1 is 0.911 bits per heavy atom. The van der Waals surface area contributed by atoms with Crippen molar-refractivity contribution >= 4 is 28.7 Å². The van der Waals surface area contributed by atoms with Crippen LogP contribution in [-0.2, 0) is 9.47 Å². The molecule has 2 aromatic carbocycles. The topological polar surface area (TPSA) is 84.0 Å². The number of ether oxygens (including phenoxy) is 2. The number of anilines is 1.